The van der Waals surface area contributed by atoms with Crippen LogP contribution in [0.4, 0.5) is 0 Å². The standard InChI is InChI=1S/C19H16ClN3O2/c1-12-3-2-10-23-15(11-21-19(8-9-19)18(24)25)16(22-17(12)23)13-4-6-14(20)7-5-13/h2-7,10-11H,8-9H2,1H3,(H,24,25)/p-1. The summed E-state index contributed by atoms with van der Waals surface area (Å²) >= 11 is 5.98. The lowest BCUT2D eigenvalue weighted by Crippen LogP contribution is -2.36. The number of pyridine rings is 1. The molecule has 0 bridgehead atoms. The highest BCUT2D eigenvalue weighted by molar-refractivity contribution is 6.30. The molecule has 0 radical (unpaired) electrons. The van der Waals surface area contributed by atoms with Crippen molar-refractivity contribution in [1.82, 2.24) is 9.38 Å². The molecule has 0 N–H and O–H groups in total. The number of aryl methyl sites for hydroxylation is 1. The van der Waals surface area contributed by atoms with E-state index < -0.39 is 11.5 Å². The van der Waals surface area contributed by atoms with Gasteiger partial charge in [-0.3, -0.25) is 9.39 Å². The van der Waals surface area contributed by atoms with E-state index in [1.54, 1.807) is 18.3 Å². The molecule has 1 fully saturated rings. The van der Waals surface area contributed by atoms with Gasteiger partial charge in [-0.2, -0.15) is 0 Å². The molecule has 2 heterocycles. The zero-order valence-electron chi connectivity index (χ0n) is 13.6. The summed E-state index contributed by atoms with van der Waals surface area (Å²) in [5, 5.41) is 11.9. The van der Waals surface area contributed by atoms with Gasteiger partial charge in [-0.05, 0) is 43.5 Å². The molecule has 1 aromatic carbocycles. The van der Waals surface area contributed by atoms with Crippen LogP contribution in [0.3, 0.4) is 0 Å². The number of hydrogen-bond donors (Lipinski definition) is 0. The van der Waals surface area contributed by atoms with Crippen LogP contribution in [0.15, 0.2) is 47.6 Å². The van der Waals surface area contributed by atoms with Crippen LogP contribution >= 0.6 is 11.6 Å². The number of carbonyl (C=O) groups is 1. The highest BCUT2D eigenvalue weighted by Gasteiger charge is 2.43. The minimum atomic E-state index is -1.12. The quantitative estimate of drug-likeness (QED) is 0.678. The molecule has 1 saturated carbocycles. The fourth-order valence-corrected chi connectivity index (χ4v) is 2.98. The Morgan fingerprint density at radius 2 is 2.04 bits per heavy atom. The molecular formula is C19H15ClN3O2-. The summed E-state index contributed by atoms with van der Waals surface area (Å²) in [5.41, 5.74) is 3.14. The zero-order chi connectivity index (χ0) is 17.6. The summed E-state index contributed by atoms with van der Waals surface area (Å²) in [6.45, 7) is 1.98. The van der Waals surface area contributed by atoms with E-state index in [2.05, 4.69) is 4.99 Å². The monoisotopic (exact) mass is 352 g/mol. The predicted octanol–water partition coefficient (Wildman–Crippen LogP) is 2.66. The van der Waals surface area contributed by atoms with Crippen LogP contribution in [0.25, 0.3) is 16.9 Å². The normalized spacial score (nSPS) is 15.8. The van der Waals surface area contributed by atoms with E-state index in [0.717, 1.165) is 28.2 Å². The van der Waals surface area contributed by atoms with Gasteiger partial charge in [0.2, 0.25) is 0 Å². The van der Waals surface area contributed by atoms with Crippen LogP contribution in [0, 0.1) is 6.92 Å². The Hall–Kier alpha value is -2.66. The van der Waals surface area contributed by atoms with E-state index in [1.165, 1.54) is 0 Å². The van der Waals surface area contributed by atoms with Gasteiger partial charge in [0.1, 0.15) is 11.2 Å². The third-order valence-corrected chi connectivity index (χ3v) is 4.79. The Morgan fingerprint density at radius 1 is 1.32 bits per heavy atom. The Bertz CT molecular complexity index is 1000. The van der Waals surface area contributed by atoms with Crippen LogP contribution in [0.1, 0.15) is 24.1 Å². The topological polar surface area (TPSA) is 69.8 Å². The van der Waals surface area contributed by atoms with E-state index in [-0.39, 0.29) is 0 Å². The summed E-state index contributed by atoms with van der Waals surface area (Å²) in [4.78, 5) is 20.4. The number of aliphatic carboxylic acids is 1. The second kappa shape index (κ2) is 5.70. The molecule has 0 atom stereocenters. The Morgan fingerprint density at radius 3 is 2.68 bits per heavy atom. The van der Waals surface area contributed by atoms with Crippen molar-refractivity contribution in [3.05, 3.63) is 58.9 Å². The first-order valence-corrected chi connectivity index (χ1v) is 8.38. The third-order valence-electron chi connectivity index (χ3n) is 4.54. The lowest BCUT2D eigenvalue weighted by Gasteiger charge is -2.10. The molecule has 25 heavy (non-hydrogen) atoms. The summed E-state index contributed by atoms with van der Waals surface area (Å²) < 4.78 is 1.92. The first kappa shape index (κ1) is 15.8. The number of halogens is 1. The van der Waals surface area contributed by atoms with Crippen molar-refractivity contribution in [2.75, 3.05) is 0 Å². The average molecular weight is 353 g/mol. The fraction of sp³-hybridized carbons (Fsp3) is 0.211. The average Bonchev–Trinajstić information content (AvgIpc) is 3.30. The van der Waals surface area contributed by atoms with E-state index >= 15 is 0 Å². The molecule has 6 heteroatoms. The number of carbonyl (C=O) groups excluding carboxylic acids is 1. The Labute approximate surface area is 149 Å². The molecular weight excluding hydrogens is 338 g/mol. The molecule has 0 saturated heterocycles. The zero-order valence-corrected chi connectivity index (χ0v) is 14.3. The highest BCUT2D eigenvalue weighted by Crippen LogP contribution is 2.39. The second-order valence-corrected chi connectivity index (χ2v) is 6.75. The number of carboxylic acids is 1. The number of hydrogen-bond acceptors (Lipinski definition) is 4. The minimum Gasteiger partial charge on any atom is -0.547 e. The van der Waals surface area contributed by atoms with Gasteiger partial charge < -0.3 is 9.90 Å². The highest BCUT2D eigenvalue weighted by atomic mass is 35.5. The number of imidazole rings is 1. The molecule has 2 aromatic heterocycles. The van der Waals surface area contributed by atoms with Gasteiger partial charge in [0.15, 0.2) is 0 Å². The number of aromatic nitrogens is 2. The van der Waals surface area contributed by atoms with Crippen molar-refractivity contribution in [3.8, 4) is 11.3 Å². The number of nitrogens with zero attached hydrogens (tertiary/aromatic N) is 3. The number of aliphatic imine (C=N–C) groups is 1. The number of fused-ring (bicyclic) bond motifs is 1. The van der Waals surface area contributed by atoms with Crippen molar-refractivity contribution >= 4 is 29.4 Å². The van der Waals surface area contributed by atoms with Gasteiger partial charge in [0.05, 0.1) is 17.4 Å². The van der Waals surface area contributed by atoms with Crippen molar-refractivity contribution in [2.24, 2.45) is 4.99 Å². The van der Waals surface area contributed by atoms with Crippen LogP contribution in [-0.4, -0.2) is 27.1 Å². The molecule has 0 unspecified atom stereocenters. The number of carboxylic acid groups (broad SMARTS) is 1. The molecule has 0 spiro atoms. The molecule has 1 aliphatic carbocycles. The summed E-state index contributed by atoms with van der Waals surface area (Å²) in [7, 11) is 0. The lowest BCUT2D eigenvalue weighted by atomic mass is 10.1. The number of benzene rings is 1. The van der Waals surface area contributed by atoms with Crippen LogP contribution in [0.5, 0.6) is 0 Å². The summed E-state index contributed by atoms with van der Waals surface area (Å²) in [5.74, 6) is -1.12. The molecule has 1 aliphatic rings. The van der Waals surface area contributed by atoms with Gasteiger partial charge in [-0.15, -0.1) is 0 Å². The SMILES string of the molecule is Cc1cccn2c(C=NC3(C(=O)[O-])CC3)c(-c3ccc(Cl)cc3)nc12. The second-order valence-electron chi connectivity index (χ2n) is 6.31. The minimum absolute atomic E-state index is 0.512. The third kappa shape index (κ3) is 2.70. The Balaban J connectivity index is 1.90. The van der Waals surface area contributed by atoms with Gasteiger partial charge in [-0.1, -0.05) is 29.8 Å². The maximum absolute atomic E-state index is 11.3. The maximum atomic E-state index is 11.3. The molecule has 126 valence electrons. The van der Waals surface area contributed by atoms with Crippen LogP contribution in [-0.2, 0) is 4.79 Å². The lowest BCUT2D eigenvalue weighted by molar-refractivity contribution is -0.308. The van der Waals surface area contributed by atoms with E-state index in [9.17, 15) is 9.90 Å². The summed E-state index contributed by atoms with van der Waals surface area (Å²) in [6.07, 6.45) is 4.52. The van der Waals surface area contributed by atoms with Crippen molar-refractivity contribution in [2.45, 2.75) is 25.3 Å². The van der Waals surface area contributed by atoms with E-state index in [1.807, 2.05) is 41.8 Å². The first-order valence-electron chi connectivity index (χ1n) is 8.00. The smallest absolute Gasteiger partial charge is 0.140 e. The molecule has 0 aliphatic heterocycles. The van der Waals surface area contributed by atoms with Crippen molar-refractivity contribution in [3.63, 3.8) is 0 Å². The maximum Gasteiger partial charge on any atom is 0.140 e. The summed E-state index contributed by atoms with van der Waals surface area (Å²) in [6, 6.07) is 11.3. The molecule has 4 rings (SSSR count). The van der Waals surface area contributed by atoms with Gasteiger partial charge in [0, 0.05) is 23.0 Å². The fourth-order valence-electron chi connectivity index (χ4n) is 2.85. The van der Waals surface area contributed by atoms with Gasteiger partial charge in [0.25, 0.3) is 0 Å². The van der Waals surface area contributed by atoms with Gasteiger partial charge in [-0.25, -0.2) is 4.98 Å². The predicted molar refractivity (Wildman–Crippen MR) is 94.9 cm³/mol. The molecule has 5 nitrogen and oxygen atoms in total. The van der Waals surface area contributed by atoms with E-state index in [4.69, 9.17) is 16.6 Å². The molecule has 3 aromatic rings. The number of rotatable bonds is 4. The van der Waals surface area contributed by atoms with Crippen molar-refractivity contribution in [1.29, 1.82) is 0 Å². The molecule has 0 amide bonds. The van der Waals surface area contributed by atoms with Gasteiger partial charge >= 0.3 is 0 Å². The largest absolute Gasteiger partial charge is 0.547 e. The van der Waals surface area contributed by atoms with Crippen molar-refractivity contribution < 1.29 is 9.90 Å². The van der Waals surface area contributed by atoms with E-state index in [0.29, 0.717) is 17.9 Å². The first-order chi connectivity index (χ1) is 12.0. The van der Waals surface area contributed by atoms with Crippen LogP contribution < -0.4 is 5.11 Å². The van der Waals surface area contributed by atoms with Crippen LogP contribution in [0.2, 0.25) is 5.02 Å². The Kier molecular flexibility index (Phi) is 3.62.